The third-order valence-electron chi connectivity index (χ3n) is 2.94. The van der Waals surface area contributed by atoms with E-state index in [1.807, 2.05) is 42.6 Å². The highest BCUT2D eigenvalue weighted by molar-refractivity contribution is 7.12. The summed E-state index contributed by atoms with van der Waals surface area (Å²) in [7, 11) is 0. The largest absolute Gasteiger partial charge is 0.395 e. The smallest absolute Gasteiger partial charge is 0.261 e. The lowest BCUT2D eigenvalue weighted by atomic mass is 10.1. The number of aliphatic hydroxyl groups is 1. The summed E-state index contributed by atoms with van der Waals surface area (Å²) in [6.45, 7) is 2.52. The first kappa shape index (κ1) is 15.3. The highest BCUT2D eigenvalue weighted by Crippen LogP contribution is 2.15. The normalized spacial score (nSPS) is 9.81. The predicted octanol–water partition coefficient (Wildman–Crippen LogP) is 2.72. The van der Waals surface area contributed by atoms with E-state index in [1.165, 1.54) is 11.3 Å². The van der Waals surface area contributed by atoms with Gasteiger partial charge in [-0.15, -0.1) is 11.3 Å². The zero-order chi connectivity index (χ0) is 15.1. The van der Waals surface area contributed by atoms with E-state index in [-0.39, 0.29) is 12.5 Å². The van der Waals surface area contributed by atoms with Crippen LogP contribution < -0.4 is 5.32 Å². The Morgan fingerprint density at radius 2 is 2.05 bits per heavy atom. The fraction of sp³-hybridized carbons (Fsp3) is 0.235. The van der Waals surface area contributed by atoms with Gasteiger partial charge >= 0.3 is 0 Å². The molecule has 0 saturated heterocycles. The number of rotatable bonds is 4. The third kappa shape index (κ3) is 4.45. The summed E-state index contributed by atoms with van der Waals surface area (Å²) in [6.07, 6.45) is 0.484. The lowest BCUT2D eigenvalue weighted by molar-refractivity contribution is 0.0954. The minimum atomic E-state index is -0.0330. The first-order valence-corrected chi connectivity index (χ1v) is 7.59. The summed E-state index contributed by atoms with van der Waals surface area (Å²) in [4.78, 5) is 12.8. The van der Waals surface area contributed by atoms with Crippen LogP contribution in [0, 0.1) is 18.8 Å². The third-order valence-corrected chi connectivity index (χ3v) is 3.96. The molecular weight excluding hydrogens is 282 g/mol. The maximum absolute atomic E-state index is 12.0. The van der Waals surface area contributed by atoms with E-state index in [0.29, 0.717) is 13.0 Å². The number of aryl methyl sites for hydroxylation is 1. The minimum Gasteiger partial charge on any atom is -0.395 e. The second-order valence-electron chi connectivity index (χ2n) is 4.59. The molecule has 0 atom stereocenters. The number of nitrogens with one attached hydrogen (secondary N) is 1. The molecule has 0 aliphatic rings. The number of hydrogen-bond acceptors (Lipinski definition) is 3. The van der Waals surface area contributed by atoms with Crippen LogP contribution in [0.2, 0.25) is 0 Å². The van der Waals surface area contributed by atoms with Crippen molar-refractivity contribution in [3.8, 4) is 11.8 Å². The Morgan fingerprint density at radius 3 is 2.67 bits per heavy atom. The number of carbonyl (C=O) groups excluding carboxylic acids is 1. The minimum absolute atomic E-state index is 0.0330. The lowest BCUT2D eigenvalue weighted by Gasteiger charge is -2.05. The average Bonchev–Trinajstić information content (AvgIpc) is 2.92. The zero-order valence-corrected chi connectivity index (χ0v) is 12.7. The molecule has 1 aromatic heterocycles. The molecule has 0 spiro atoms. The van der Waals surface area contributed by atoms with Crippen molar-refractivity contribution in [2.75, 3.05) is 6.61 Å². The second-order valence-corrected chi connectivity index (χ2v) is 5.50. The van der Waals surface area contributed by atoms with Crippen LogP contribution >= 0.6 is 11.3 Å². The van der Waals surface area contributed by atoms with Gasteiger partial charge in [0.15, 0.2) is 0 Å². The summed E-state index contributed by atoms with van der Waals surface area (Å²) in [5.74, 6) is 5.82. The molecule has 1 aromatic carbocycles. The first-order valence-electron chi connectivity index (χ1n) is 6.71. The molecule has 2 aromatic rings. The van der Waals surface area contributed by atoms with Gasteiger partial charge in [-0.2, -0.15) is 0 Å². The fourth-order valence-electron chi connectivity index (χ4n) is 1.79. The van der Waals surface area contributed by atoms with Gasteiger partial charge in [-0.1, -0.05) is 24.0 Å². The van der Waals surface area contributed by atoms with E-state index in [9.17, 15) is 4.79 Å². The maximum Gasteiger partial charge on any atom is 0.261 e. The molecule has 0 bridgehead atoms. The van der Waals surface area contributed by atoms with Gasteiger partial charge in [-0.3, -0.25) is 4.79 Å². The summed E-state index contributed by atoms with van der Waals surface area (Å²) in [5, 5.41) is 13.5. The van der Waals surface area contributed by atoms with Crippen LogP contribution in [-0.4, -0.2) is 17.6 Å². The standard InChI is InChI=1S/C17H17NO2S/c1-13-9-11-21-16(13)17(20)18-12-15-7-5-14(6-8-15)4-2-3-10-19/h5-9,11,19H,3,10,12H2,1H3,(H,18,20). The van der Waals surface area contributed by atoms with E-state index >= 15 is 0 Å². The summed E-state index contributed by atoms with van der Waals surface area (Å²) in [5.41, 5.74) is 2.95. The molecule has 2 N–H and O–H groups in total. The van der Waals surface area contributed by atoms with E-state index in [4.69, 9.17) is 5.11 Å². The van der Waals surface area contributed by atoms with Gasteiger partial charge in [-0.05, 0) is 41.6 Å². The molecule has 3 nitrogen and oxygen atoms in total. The number of hydrogen-bond donors (Lipinski definition) is 2. The Morgan fingerprint density at radius 1 is 1.29 bits per heavy atom. The number of aliphatic hydroxyl groups excluding tert-OH is 1. The summed E-state index contributed by atoms with van der Waals surface area (Å²) >= 11 is 1.46. The van der Waals surface area contributed by atoms with Crippen molar-refractivity contribution in [2.45, 2.75) is 19.9 Å². The van der Waals surface area contributed by atoms with Gasteiger partial charge in [0.05, 0.1) is 11.5 Å². The Hall–Kier alpha value is -2.09. The quantitative estimate of drug-likeness (QED) is 0.853. The number of thiophene rings is 1. The first-order chi connectivity index (χ1) is 10.2. The van der Waals surface area contributed by atoms with E-state index in [0.717, 1.165) is 21.6 Å². The molecule has 0 aliphatic carbocycles. The second kappa shape index (κ2) is 7.63. The van der Waals surface area contributed by atoms with Crippen molar-refractivity contribution in [3.05, 3.63) is 57.3 Å². The number of carbonyl (C=O) groups is 1. The zero-order valence-electron chi connectivity index (χ0n) is 11.8. The fourth-order valence-corrected chi connectivity index (χ4v) is 2.64. The topological polar surface area (TPSA) is 49.3 Å². The van der Waals surface area contributed by atoms with Crippen molar-refractivity contribution >= 4 is 17.2 Å². The SMILES string of the molecule is Cc1ccsc1C(=O)NCc1ccc(C#CCCO)cc1. The highest BCUT2D eigenvalue weighted by Gasteiger charge is 2.09. The van der Waals surface area contributed by atoms with Crippen LogP contribution in [0.3, 0.4) is 0 Å². The maximum atomic E-state index is 12.0. The molecular formula is C17H17NO2S. The molecule has 1 heterocycles. The molecule has 2 rings (SSSR count). The summed E-state index contributed by atoms with van der Waals surface area (Å²) < 4.78 is 0. The molecule has 0 unspecified atom stereocenters. The van der Waals surface area contributed by atoms with Gasteiger partial charge in [0.2, 0.25) is 0 Å². The Balaban J connectivity index is 1.91. The highest BCUT2D eigenvalue weighted by atomic mass is 32.1. The monoisotopic (exact) mass is 299 g/mol. The van der Waals surface area contributed by atoms with Crippen molar-refractivity contribution in [1.29, 1.82) is 0 Å². The Bertz CT molecular complexity index is 662. The molecule has 0 saturated carbocycles. The van der Waals surface area contributed by atoms with Crippen LogP contribution in [0.15, 0.2) is 35.7 Å². The van der Waals surface area contributed by atoms with Crippen molar-refractivity contribution in [2.24, 2.45) is 0 Å². The van der Waals surface area contributed by atoms with Gasteiger partial charge in [-0.25, -0.2) is 0 Å². The molecule has 4 heteroatoms. The van der Waals surface area contributed by atoms with Crippen molar-refractivity contribution < 1.29 is 9.90 Å². The predicted molar refractivity (Wildman–Crippen MR) is 85.2 cm³/mol. The van der Waals surface area contributed by atoms with E-state index < -0.39 is 0 Å². The average molecular weight is 299 g/mol. The number of amides is 1. The van der Waals surface area contributed by atoms with Gasteiger partial charge in [0.25, 0.3) is 5.91 Å². The molecule has 1 amide bonds. The molecule has 108 valence electrons. The van der Waals surface area contributed by atoms with E-state index in [1.54, 1.807) is 0 Å². The Kier molecular flexibility index (Phi) is 5.56. The van der Waals surface area contributed by atoms with Crippen LogP contribution in [0.1, 0.15) is 32.8 Å². The van der Waals surface area contributed by atoms with Crippen molar-refractivity contribution in [1.82, 2.24) is 5.32 Å². The lowest BCUT2D eigenvalue weighted by Crippen LogP contribution is -2.22. The van der Waals surface area contributed by atoms with Crippen LogP contribution in [0.25, 0.3) is 0 Å². The number of benzene rings is 1. The van der Waals surface area contributed by atoms with Crippen LogP contribution in [0.4, 0.5) is 0 Å². The molecule has 0 fully saturated rings. The van der Waals surface area contributed by atoms with Gasteiger partial charge in [0.1, 0.15) is 0 Å². The Labute approximate surface area is 128 Å². The van der Waals surface area contributed by atoms with Crippen LogP contribution in [-0.2, 0) is 6.54 Å². The molecule has 21 heavy (non-hydrogen) atoms. The van der Waals surface area contributed by atoms with Crippen molar-refractivity contribution in [3.63, 3.8) is 0 Å². The molecule has 0 aliphatic heterocycles. The van der Waals surface area contributed by atoms with E-state index in [2.05, 4.69) is 17.2 Å². The van der Waals surface area contributed by atoms with Crippen LogP contribution in [0.5, 0.6) is 0 Å². The molecule has 0 radical (unpaired) electrons. The van der Waals surface area contributed by atoms with Gasteiger partial charge < -0.3 is 10.4 Å². The van der Waals surface area contributed by atoms with Gasteiger partial charge in [0, 0.05) is 18.5 Å². The summed E-state index contributed by atoms with van der Waals surface area (Å²) in [6, 6.07) is 9.68.